The lowest BCUT2D eigenvalue weighted by atomic mass is 9.94. The van der Waals surface area contributed by atoms with Gasteiger partial charge in [-0.25, -0.2) is 0 Å². The summed E-state index contributed by atoms with van der Waals surface area (Å²) in [6.07, 6.45) is 0.366. The highest BCUT2D eigenvalue weighted by Crippen LogP contribution is 2.33. The van der Waals surface area contributed by atoms with Gasteiger partial charge in [0.05, 0.1) is 10.9 Å². The molecule has 0 fully saturated rings. The van der Waals surface area contributed by atoms with Crippen LogP contribution in [0.3, 0.4) is 0 Å². The number of Topliss-reactive ketones (excluding diaryl/α,β-unsaturated/α-hetero) is 1. The van der Waals surface area contributed by atoms with Gasteiger partial charge in [0, 0.05) is 16.5 Å². The first-order valence-corrected chi connectivity index (χ1v) is 10.4. The van der Waals surface area contributed by atoms with Gasteiger partial charge in [0.25, 0.3) is 0 Å². The predicted molar refractivity (Wildman–Crippen MR) is 126 cm³/mol. The molecule has 5 heteroatoms. The number of nitrogens with zero attached hydrogens (tertiary/aromatic N) is 1. The van der Waals surface area contributed by atoms with Crippen molar-refractivity contribution in [1.29, 1.82) is 0 Å². The van der Waals surface area contributed by atoms with Gasteiger partial charge in [0.15, 0.2) is 11.6 Å². The first kappa shape index (κ1) is 18.6. The van der Waals surface area contributed by atoms with Crippen molar-refractivity contribution in [3.05, 3.63) is 94.5 Å². The van der Waals surface area contributed by atoms with Gasteiger partial charge in [0.1, 0.15) is 0 Å². The van der Waals surface area contributed by atoms with Crippen molar-refractivity contribution in [2.75, 3.05) is 5.73 Å². The Balaban J connectivity index is 1.57. The SMILES string of the molecule is Nc1n[nH]c2cccc(-c3ccc4c(C(=O)Cc5cccc(Br)c5)cccc4c3)c12. The van der Waals surface area contributed by atoms with Crippen LogP contribution in [0.4, 0.5) is 5.82 Å². The van der Waals surface area contributed by atoms with E-state index in [1.807, 2.05) is 72.8 Å². The van der Waals surface area contributed by atoms with Crippen LogP contribution in [-0.2, 0) is 6.42 Å². The number of rotatable bonds is 4. The monoisotopic (exact) mass is 455 g/mol. The maximum atomic E-state index is 13.0. The third kappa shape index (κ3) is 3.27. The summed E-state index contributed by atoms with van der Waals surface area (Å²) in [4.78, 5) is 13.0. The number of nitrogens with one attached hydrogen (secondary N) is 1. The van der Waals surface area contributed by atoms with E-state index in [1.165, 1.54) is 0 Å². The van der Waals surface area contributed by atoms with Crippen LogP contribution in [0.2, 0.25) is 0 Å². The molecule has 1 heterocycles. The Bertz CT molecular complexity index is 1420. The van der Waals surface area contributed by atoms with Crippen LogP contribution in [0, 0.1) is 0 Å². The number of nitrogen functional groups attached to an aromatic ring is 1. The second kappa shape index (κ2) is 7.43. The van der Waals surface area contributed by atoms with Crippen LogP contribution in [0.5, 0.6) is 0 Å². The summed E-state index contributed by atoms with van der Waals surface area (Å²) in [5.74, 6) is 0.589. The number of H-pyrrole nitrogens is 1. The Kier molecular flexibility index (Phi) is 4.60. The van der Waals surface area contributed by atoms with Crippen molar-refractivity contribution >= 4 is 49.2 Å². The predicted octanol–water partition coefficient (Wildman–Crippen LogP) is 6.15. The van der Waals surface area contributed by atoms with Crippen LogP contribution in [0.1, 0.15) is 15.9 Å². The van der Waals surface area contributed by atoms with Crippen molar-refractivity contribution in [2.24, 2.45) is 0 Å². The van der Waals surface area contributed by atoms with E-state index < -0.39 is 0 Å². The van der Waals surface area contributed by atoms with Crippen molar-refractivity contribution < 1.29 is 4.79 Å². The second-order valence-electron chi connectivity index (χ2n) is 7.31. The van der Waals surface area contributed by atoms with E-state index in [9.17, 15) is 4.79 Å². The molecule has 0 aliphatic rings. The lowest BCUT2D eigenvalue weighted by molar-refractivity contribution is 0.0994. The average molecular weight is 456 g/mol. The minimum absolute atomic E-state index is 0.104. The molecule has 30 heavy (non-hydrogen) atoms. The summed E-state index contributed by atoms with van der Waals surface area (Å²) < 4.78 is 0.975. The number of hydrogen-bond donors (Lipinski definition) is 2. The normalized spacial score (nSPS) is 11.2. The molecule has 1 aromatic heterocycles. The number of carbonyl (C=O) groups excluding carboxylic acids is 1. The lowest BCUT2D eigenvalue weighted by Gasteiger charge is -2.10. The molecule has 4 aromatic carbocycles. The van der Waals surface area contributed by atoms with Gasteiger partial charge >= 0.3 is 0 Å². The topological polar surface area (TPSA) is 71.8 Å². The Morgan fingerprint density at radius 2 is 1.80 bits per heavy atom. The number of carbonyl (C=O) groups is 1. The fraction of sp³-hybridized carbons (Fsp3) is 0.0400. The second-order valence-corrected chi connectivity index (χ2v) is 8.22. The van der Waals surface area contributed by atoms with Crippen LogP contribution in [-0.4, -0.2) is 16.0 Å². The number of aromatic amines is 1. The van der Waals surface area contributed by atoms with Gasteiger partial charge in [-0.2, -0.15) is 5.10 Å². The van der Waals surface area contributed by atoms with E-state index in [-0.39, 0.29) is 5.78 Å². The third-order valence-electron chi connectivity index (χ3n) is 5.36. The molecule has 0 spiro atoms. The number of hydrogen-bond acceptors (Lipinski definition) is 3. The highest BCUT2D eigenvalue weighted by Gasteiger charge is 2.14. The van der Waals surface area contributed by atoms with Crippen LogP contribution in [0.25, 0.3) is 32.8 Å². The molecular formula is C25H18BrN3O. The van der Waals surface area contributed by atoms with Crippen LogP contribution < -0.4 is 5.73 Å². The van der Waals surface area contributed by atoms with E-state index in [2.05, 4.69) is 32.2 Å². The summed E-state index contributed by atoms with van der Waals surface area (Å²) in [6, 6.07) is 25.9. The number of aromatic nitrogens is 2. The van der Waals surface area contributed by atoms with Crippen molar-refractivity contribution in [3.8, 4) is 11.1 Å². The largest absolute Gasteiger partial charge is 0.382 e. The van der Waals surface area contributed by atoms with Gasteiger partial charge in [0.2, 0.25) is 0 Å². The summed E-state index contributed by atoms with van der Waals surface area (Å²) in [7, 11) is 0. The molecule has 0 radical (unpaired) electrons. The van der Waals surface area contributed by atoms with Crippen molar-refractivity contribution in [3.63, 3.8) is 0 Å². The van der Waals surface area contributed by atoms with E-state index >= 15 is 0 Å². The fourth-order valence-electron chi connectivity index (χ4n) is 3.96. The van der Waals surface area contributed by atoms with Gasteiger partial charge in [-0.1, -0.05) is 70.5 Å². The van der Waals surface area contributed by atoms with Crippen LogP contribution >= 0.6 is 15.9 Å². The van der Waals surface area contributed by atoms with Gasteiger partial charge in [-0.15, -0.1) is 0 Å². The number of halogens is 1. The molecule has 0 aliphatic heterocycles. The van der Waals surface area contributed by atoms with Gasteiger partial charge in [-0.3, -0.25) is 9.89 Å². The first-order valence-electron chi connectivity index (χ1n) is 9.63. The minimum Gasteiger partial charge on any atom is -0.382 e. The maximum Gasteiger partial charge on any atom is 0.167 e. The Morgan fingerprint density at radius 3 is 2.67 bits per heavy atom. The van der Waals surface area contributed by atoms with Gasteiger partial charge in [-0.05, 0) is 51.7 Å². The van der Waals surface area contributed by atoms with E-state index in [1.54, 1.807) is 0 Å². The number of anilines is 1. The summed E-state index contributed by atoms with van der Waals surface area (Å²) >= 11 is 3.47. The molecule has 5 rings (SSSR count). The first-order chi connectivity index (χ1) is 14.6. The molecule has 0 saturated heterocycles. The molecule has 0 saturated carbocycles. The fourth-order valence-corrected chi connectivity index (χ4v) is 4.41. The lowest BCUT2D eigenvalue weighted by Crippen LogP contribution is -2.04. The number of fused-ring (bicyclic) bond motifs is 2. The number of ketones is 1. The molecule has 0 unspecified atom stereocenters. The van der Waals surface area contributed by atoms with Crippen molar-refractivity contribution in [1.82, 2.24) is 10.2 Å². The molecule has 4 nitrogen and oxygen atoms in total. The molecule has 0 bridgehead atoms. The molecule has 0 amide bonds. The van der Waals surface area contributed by atoms with E-state index in [0.29, 0.717) is 12.2 Å². The summed E-state index contributed by atoms with van der Waals surface area (Å²) in [6.45, 7) is 0. The molecule has 0 atom stereocenters. The van der Waals surface area contributed by atoms with E-state index in [4.69, 9.17) is 5.73 Å². The standard InChI is InChI=1S/C25H18BrN3O/c26-18-6-1-4-15(12-18)13-23(30)21-8-2-5-16-14-17(10-11-19(16)21)20-7-3-9-22-24(20)25(27)29-28-22/h1-12,14H,13H2,(H3,27,28,29). The Labute approximate surface area is 181 Å². The summed E-state index contributed by atoms with van der Waals surface area (Å²) in [5, 5.41) is 9.98. The molecular weight excluding hydrogens is 438 g/mol. The highest BCUT2D eigenvalue weighted by atomic mass is 79.9. The van der Waals surface area contributed by atoms with Crippen molar-refractivity contribution in [2.45, 2.75) is 6.42 Å². The zero-order valence-electron chi connectivity index (χ0n) is 16.0. The average Bonchev–Trinajstić information content (AvgIpc) is 3.14. The third-order valence-corrected chi connectivity index (χ3v) is 5.86. The van der Waals surface area contributed by atoms with E-state index in [0.717, 1.165) is 48.4 Å². The number of benzene rings is 4. The zero-order chi connectivity index (χ0) is 20.7. The minimum atomic E-state index is 0.104. The summed E-state index contributed by atoms with van der Waals surface area (Å²) in [5.41, 5.74) is 10.8. The zero-order valence-corrected chi connectivity index (χ0v) is 17.6. The Morgan fingerprint density at radius 1 is 0.967 bits per heavy atom. The maximum absolute atomic E-state index is 13.0. The molecule has 5 aromatic rings. The molecule has 146 valence electrons. The quantitative estimate of drug-likeness (QED) is 0.319. The van der Waals surface area contributed by atoms with Gasteiger partial charge < -0.3 is 5.73 Å². The Hall–Kier alpha value is -3.44. The molecule has 3 N–H and O–H groups in total. The highest BCUT2D eigenvalue weighted by molar-refractivity contribution is 9.10. The van der Waals surface area contributed by atoms with Crippen LogP contribution in [0.15, 0.2) is 83.3 Å². The smallest absolute Gasteiger partial charge is 0.167 e. The number of nitrogens with two attached hydrogens (primary N) is 1. The molecule has 0 aliphatic carbocycles.